The average Bonchev–Trinajstić information content (AvgIpc) is 3.68. The summed E-state index contributed by atoms with van der Waals surface area (Å²) >= 11 is 0. The predicted octanol–water partition coefficient (Wildman–Crippen LogP) is 4.74. The highest BCUT2D eigenvalue weighted by molar-refractivity contribution is 5.95. The molecule has 37 heavy (non-hydrogen) atoms. The van der Waals surface area contributed by atoms with E-state index in [9.17, 15) is 9.18 Å². The van der Waals surface area contributed by atoms with Crippen LogP contribution in [-0.2, 0) is 6.54 Å². The Morgan fingerprint density at radius 2 is 1.73 bits per heavy atom. The molecule has 2 aromatic carbocycles. The van der Waals surface area contributed by atoms with Gasteiger partial charge in [0, 0.05) is 43.4 Å². The Morgan fingerprint density at radius 1 is 0.973 bits per heavy atom. The van der Waals surface area contributed by atoms with Gasteiger partial charge in [0.15, 0.2) is 0 Å². The second-order valence-corrected chi connectivity index (χ2v) is 9.86. The van der Waals surface area contributed by atoms with Crippen molar-refractivity contribution in [2.75, 3.05) is 13.1 Å². The van der Waals surface area contributed by atoms with Gasteiger partial charge >= 0.3 is 0 Å². The van der Waals surface area contributed by atoms with Crippen molar-refractivity contribution in [3.05, 3.63) is 95.7 Å². The zero-order chi connectivity index (χ0) is 25.2. The van der Waals surface area contributed by atoms with Crippen molar-refractivity contribution >= 4 is 5.91 Å². The summed E-state index contributed by atoms with van der Waals surface area (Å²) in [5.41, 5.74) is 3.61. The number of amides is 1. The molecule has 1 amide bonds. The number of nitrogens with zero attached hydrogens (tertiary/aromatic N) is 5. The standard InChI is InChI=1S/C29H29FN6O/c30-25-9-5-4-8-23(25)26-12-15-31-29(34-26)36-27(21-10-11-21)24(18-32-36)28(37)33-22-13-16-35(17-14-22)19-20-6-2-1-3-7-20/h1-9,12,15,18,21-22H,10-11,13-14,16-17,19H2,(H,33,37). The monoisotopic (exact) mass is 496 g/mol. The van der Waals surface area contributed by atoms with Crippen molar-refractivity contribution in [1.82, 2.24) is 30.0 Å². The van der Waals surface area contributed by atoms with E-state index in [2.05, 4.69) is 49.5 Å². The lowest BCUT2D eigenvalue weighted by Crippen LogP contribution is -2.44. The van der Waals surface area contributed by atoms with Gasteiger partial charge in [0.25, 0.3) is 11.9 Å². The molecule has 1 saturated carbocycles. The summed E-state index contributed by atoms with van der Waals surface area (Å²) in [5.74, 6) is 0.150. The third-order valence-corrected chi connectivity index (χ3v) is 7.17. The quantitative estimate of drug-likeness (QED) is 0.400. The van der Waals surface area contributed by atoms with Gasteiger partial charge in [-0.25, -0.2) is 19.0 Å². The number of nitrogens with one attached hydrogen (secondary N) is 1. The van der Waals surface area contributed by atoms with Gasteiger partial charge in [-0.3, -0.25) is 9.69 Å². The highest BCUT2D eigenvalue weighted by Crippen LogP contribution is 2.42. The molecule has 2 aliphatic rings. The number of halogens is 1. The summed E-state index contributed by atoms with van der Waals surface area (Å²) in [5, 5.41) is 7.75. The lowest BCUT2D eigenvalue weighted by Gasteiger charge is -2.32. The summed E-state index contributed by atoms with van der Waals surface area (Å²) in [7, 11) is 0. The highest BCUT2D eigenvalue weighted by Gasteiger charge is 2.34. The SMILES string of the molecule is O=C(NC1CCN(Cc2ccccc2)CC1)c1cnn(-c2nccc(-c3ccccc3F)n2)c1C1CC1. The predicted molar refractivity (Wildman–Crippen MR) is 139 cm³/mol. The zero-order valence-electron chi connectivity index (χ0n) is 20.6. The first-order valence-electron chi connectivity index (χ1n) is 12.9. The van der Waals surface area contributed by atoms with Gasteiger partial charge < -0.3 is 5.32 Å². The number of carbonyl (C=O) groups excluding carboxylic acids is 1. The van der Waals surface area contributed by atoms with E-state index >= 15 is 0 Å². The first-order chi connectivity index (χ1) is 18.2. The summed E-state index contributed by atoms with van der Waals surface area (Å²) < 4.78 is 16.0. The molecule has 1 N–H and O–H groups in total. The van der Waals surface area contributed by atoms with E-state index < -0.39 is 0 Å². The molecule has 8 heteroatoms. The summed E-state index contributed by atoms with van der Waals surface area (Å²) in [4.78, 5) is 24.8. The van der Waals surface area contributed by atoms with Gasteiger partial charge in [-0.05, 0) is 49.4 Å². The molecule has 188 valence electrons. The van der Waals surface area contributed by atoms with Crippen LogP contribution in [0.5, 0.6) is 0 Å². The van der Waals surface area contributed by atoms with Crippen LogP contribution in [-0.4, -0.2) is 49.7 Å². The maximum Gasteiger partial charge on any atom is 0.255 e. The van der Waals surface area contributed by atoms with Crippen molar-refractivity contribution in [3.8, 4) is 17.2 Å². The fraction of sp³-hybridized carbons (Fsp3) is 0.310. The molecular formula is C29H29FN6O. The van der Waals surface area contributed by atoms with E-state index in [1.807, 2.05) is 6.07 Å². The van der Waals surface area contributed by atoms with E-state index in [0.29, 0.717) is 22.8 Å². The van der Waals surface area contributed by atoms with Crippen LogP contribution in [0.4, 0.5) is 4.39 Å². The maximum absolute atomic E-state index is 14.4. The van der Waals surface area contributed by atoms with E-state index in [4.69, 9.17) is 0 Å². The molecule has 1 aliphatic heterocycles. The minimum absolute atomic E-state index is 0.0973. The topological polar surface area (TPSA) is 75.9 Å². The summed E-state index contributed by atoms with van der Waals surface area (Å²) in [6, 6.07) is 18.8. The second-order valence-electron chi connectivity index (χ2n) is 9.86. The lowest BCUT2D eigenvalue weighted by molar-refractivity contribution is 0.0908. The van der Waals surface area contributed by atoms with E-state index in [1.165, 1.54) is 11.6 Å². The molecule has 1 saturated heterocycles. The Morgan fingerprint density at radius 3 is 2.49 bits per heavy atom. The first-order valence-corrected chi connectivity index (χ1v) is 12.9. The van der Waals surface area contributed by atoms with Gasteiger partial charge in [-0.1, -0.05) is 42.5 Å². The smallest absolute Gasteiger partial charge is 0.255 e. The number of aromatic nitrogens is 4. The first kappa shape index (κ1) is 23.5. The number of hydrogen-bond donors (Lipinski definition) is 1. The molecule has 0 spiro atoms. The molecule has 1 aliphatic carbocycles. The lowest BCUT2D eigenvalue weighted by atomic mass is 10.0. The fourth-order valence-electron chi connectivity index (χ4n) is 5.05. The van der Waals surface area contributed by atoms with Gasteiger partial charge in [-0.15, -0.1) is 0 Å². The van der Waals surface area contributed by atoms with Gasteiger partial charge in [0.1, 0.15) is 5.82 Å². The Kier molecular flexibility index (Phi) is 6.49. The summed E-state index contributed by atoms with van der Waals surface area (Å²) in [6.45, 7) is 2.84. The van der Waals surface area contributed by atoms with Crippen molar-refractivity contribution < 1.29 is 9.18 Å². The minimum atomic E-state index is -0.343. The van der Waals surface area contributed by atoms with Crippen LogP contribution in [0.15, 0.2) is 73.1 Å². The maximum atomic E-state index is 14.4. The van der Waals surface area contributed by atoms with Crippen molar-refractivity contribution in [1.29, 1.82) is 0 Å². The largest absolute Gasteiger partial charge is 0.349 e. The Balaban J connectivity index is 1.17. The van der Waals surface area contributed by atoms with Crippen LogP contribution in [0.1, 0.15) is 53.2 Å². The number of benzene rings is 2. The molecule has 6 rings (SSSR count). The molecule has 0 radical (unpaired) electrons. The van der Waals surface area contributed by atoms with Gasteiger partial charge in [0.05, 0.1) is 23.1 Å². The number of hydrogen-bond acceptors (Lipinski definition) is 5. The minimum Gasteiger partial charge on any atom is -0.349 e. The molecule has 0 atom stereocenters. The van der Waals surface area contributed by atoms with Crippen LogP contribution in [0.25, 0.3) is 17.2 Å². The Bertz CT molecular complexity index is 1390. The number of piperidine rings is 1. The Labute approximate surface area is 215 Å². The van der Waals surface area contributed by atoms with Crippen LogP contribution in [0.2, 0.25) is 0 Å². The van der Waals surface area contributed by atoms with Crippen molar-refractivity contribution in [3.63, 3.8) is 0 Å². The van der Waals surface area contributed by atoms with Gasteiger partial charge in [0.2, 0.25) is 0 Å². The molecule has 0 unspecified atom stereocenters. The molecule has 2 aromatic heterocycles. The van der Waals surface area contributed by atoms with Crippen LogP contribution < -0.4 is 5.32 Å². The van der Waals surface area contributed by atoms with Crippen LogP contribution in [0, 0.1) is 5.82 Å². The third-order valence-electron chi connectivity index (χ3n) is 7.17. The van der Waals surface area contributed by atoms with Crippen LogP contribution in [0.3, 0.4) is 0 Å². The number of rotatable bonds is 7. The van der Waals surface area contributed by atoms with E-state index in [0.717, 1.165) is 51.0 Å². The van der Waals surface area contributed by atoms with Crippen molar-refractivity contribution in [2.45, 2.75) is 44.2 Å². The zero-order valence-corrected chi connectivity index (χ0v) is 20.6. The molecule has 2 fully saturated rings. The second kappa shape index (κ2) is 10.2. The molecule has 4 aromatic rings. The molecule has 3 heterocycles. The summed E-state index contributed by atoms with van der Waals surface area (Å²) in [6.07, 6.45) is 7.05. The van der Waals surface area contributed by atoms with Crippen LogP contribution >= 0.6 is 0 Å². The molecule has 0 bridgehead atoms. The van der Waals surface area contributed by atoms with E-state index in [1.54, 1.807) is 41.3 Å². The fourth-order valence-corrected chi connectivity index (χ4v) is 5.05. The van der Waals surface area contributed by atoms with Gasteiger partial charge in [-0.2, -0.15) is 5.10 Å². The van der Waals surface area contributed by atoms with E-state index in [-0.39, 0.29) is 23.7 Å². The molecule has 7 nitrogen and oxygen atoms in total. The Hall–Kier alpha value is -3.91. The number of carbonyl (C=O) groups is 1. The normalized spacial score (nSPS) is 16.6. The van der Waals surface area contributed by atoms with Crippen molar-refractivity contribution in [2.24, 2.45) is 0 Å². The highest BCUT2D eigenvalue weighted by atomic mass is 19.1. The average molecular weight is 497 g/mol. The number of likely N-dealkylation sites (tertiary alicyclic amines) is 1. The third kappa shape index (κ3) is 5.15. The molecular weight excluding hydrogens is 467 g/mol.